The molecule has 4 nitrogen and oxygen atoms in total. The maximum Gasteiger partial charge on any atom is 0.163 e. The van der Waals surface area contributed by atoms with Gasteiger partial charge in [-0.15, -0.1) is 6.58 Å². The van der Waals surface area contributed by atoms with Gasteiger partial charge in [0.15, 0.2) is 5.82 Å². The van der Waals surface area contributed by atoms with Gasteiger partial charge in [-0.1, -0.05) is 60.1 Å². The molecular formula is C20H19ClN4. The van der Waals surface area contributed by atoms with E-state index in [1.165, 1.54) is 0 Å². The standard InChI is InChI=1S/C20H19ClN4/c1-2-12-22-18-13-19(23-14-15-8-10-17(21)11-9-15)25-20(24-18)16-6-4-3-5-7-16/h2-11,13H,1,12,14H2,(H2,22,23,24,25). The van der Waals surface area contributed by atoms with Crippen molar-refractivity contribution in [3.63, 3.8) is 0 Å². The van der Waals surface area contributed by atoms with Crippen molar-refractivity contribution in [3.05, 3.63) is 83.9 Å². The molecule has 0 aliphatic rings. The highest BCUT2D eigenvalue weighted by Crippen LogP contribution is 2.20. The molecule has 0 saturated carbocycles. The SMILES string of the molecule is C=CCNc1cc(NCc2ccc(Cl)cc2)nc(-c2ccccc2)n1. The third-order valence-corrected chi connectivity index (χ3v) is 3.82. The van der Waals surface area contributed by atoms with E-state index in [0.29, 0.717) is 18.9 Å². The molecule has 0 saturated heterocycles. The molecular weight excluding hydrogens is 332 g/mol. The van der Waals surface area contributed by atoms with Crippen LogP contribution in [0.3, 0.4) is 0 Å². The Bertz CT molecular complexity index is 832. The first-order chi connectivity index (χ1) is 12.2. The molecule has 2 aromatic carbocycles. The molecule has 3 aromatic rings. The second kappa shape index (κ2) is 8.31. The van der Waals surface area contributed by atoms with Gasteiger partial charge in [-0.05, 0) is 17.7 Å². The molecule has 0 amide bonds. The van der Waals surface area contributed by atoms with Crippen molar-refractivity contribution < 1.29 is 0 Å². The van der Waals surface area contributed by atoms with E-state index >= 15 is 0 Å². The second-order valence-electron chi connectivity index (χ2n) is 5.48. The van der Waals surface area contributed by atoms with Crippen LogP contribution in [-0.4, -0.2) is 16.5 Å². The fourth-order valence-electron chi connectivity index (χ4n) is 2.32. The van der Waals surface area contributed by atoms with Crippen LogP contribution in [0.2, 0.25) is 5.02 Å². The van der Waals surface area contributed by atoms with E-state index in [1.54, 1.807) is 6.08 Å². The molecule has 2 N–H and O–H groups in total. The van der Waals surface area contributed by atoms with E-state index in [-0.39, 0.29) is 0 Å². The molecule has 0 radical (unpaired) electrons. The third-order valence-electron chi connectivity index (χ3n) is 3.57. The van der Waals surface area contributed by atoms with Crippen LogP contribution in [-0.2, 0) is 6.54 Å². The van der Waals surface area contributed by atoms with E-state index < -0.39 is 0 Å². The lowest BCUT2D eigenvalue weighted by molar-refractivity contribution is 1.08. The van der Waals surface area contributed by atoms with Gasteiger partial charge in [0.2, 0.25) is 0 Å². The fraction of sp³-hybridized carbons (Fsp3) is 0.100. The van der Waals surface area contributed by atoms with E-state index in [2.05, 4.69) is 27.2 Å². The fourth-order valence-corrected chi connectivity index (χ4v) is 2.44. The van der Waals surface area contributed by atoms with Crippen LogP contribution in [0, 0.1) is 0 Å². The highest BCUT2D eigenvalue weighted by atomic mass is 35.5. The number of hydrogen-bond acceptors (Lipinski definition) is 4. The zero-order chi connectivity index (χ0) is 17.5. The number of halogens is 1. The van der Waals surface area contributed by atoms with Gasteiger partial charge < -0.3 is 10.6 Å². The van der Waals surface area contributed by atoms with E-state index in [1.807, 2.05) is 60.7 Å². The predicted molar refractivity (Wildman–Crippen MR) is 105 cm³/mol. The van der Waals surface area contributed by atoms with Crippen LogP contribution in [0.4, 0.5) is 11.6 Å². The van der Waals surface area contributed by atoms with Crippen LogP contribution in [0.25, 0.3) is 11.4 Å². The summed E-state index contributed by atoms with van der Waals surface area (Å²) in [4.78, 5) is 9.21. The quantitative estimate of drug-likeness (QED) is 0.588. The number of hydrogen-bond donors (Lipinski definition) is 2. The molecule has 5 heteroatoms. The Morgan fingerprint density at radius 2 is 1.60 bits per heavy atom. The summed E-state index contributed by atoms with van der Waals surface area (Å²) in [6.45, 7) is 5.03. The van der Waals surface area contributed by atoms with Gasteiger partial charge in [-0.2, -0.15) is 0 Å². The molecule has 25 heavy (non-hydrogen) atoms. The van der Waals surface area contributed by atoms with Crippen molar-refractivity contribution in [1.29, 1.82) is 0 Å². The third kappa shape index (κ3) is 4.81. The van der Waals surface area contributed by atoms with Crippen molar-refractivity contribution in [2.24, 2.45) is 0 Å². The van der Waals surface area contributed by atoms with E-state index in [0.717, 1.165) is 27.8 Å². The largest absolute Gasteiger partial charge is 0.366 e. The Morgan fingerprint density at radius 1 is 0.920 bits per heavy atom. The highest BCUT2D eigenvalue weighted by Gasteiger charge is 2.06. The highest BCUT2D eigenvalue weighted by molar-refractivity contribution is 6.30. The topological polar surface area (TPSA) is 49.8 Å². The lowest BCUT2D eigenvalue weighted by Crippen LogP contribution is -2.07. The first-order valence-corrected chi connectivity index (χ1v) is 8.40. The summed E-state index contributed by atoms with van der Waals surface area (Å²) >= 11 is 5.93. The number of nitrogens with zero attached hydrogens (tertiary/aromatic N) is 2. The maximum absolute atomic E-state index is 5.93. The Labute approximate surface area is 152 Å². The smallest absolute Gasteiger partial charge is 0.163 e. The molecule has 1 aromatic heterocycles. The van der Waals surface area contributed by atoms with E-state index in [4.69, 9.17) is 11.6 Å². The average Bonchev–Trinajstić information content (AvgIpc) is 2.66. The zero-order valence-corrected chi connectivity index (χ0v) is 14.5. The first-order valence-electron chi connectivity index (χ1n) is 8.02. The van der Waals surface area contributed by atoms with Gasteiger partial charge in [0.1, 0.15) is 11.6 Å². The molecule has 0 aliphatic carbocycles. The van der Waals surface area contributed by atoms with Crippen molar-refractivity contribution in [2.45, 2.75) is 6.54 Å². The minimum atomic E-state index is 0.641. The van der Waals surface area contributed by atoms with Crippen LogP contribution in [0.1, 0.15) is 5.56 Å². The number of aromatic nitrogens is 2. The van der Waals surface area contributed by atoms with Gasteiger partial charge in [0.05, 0.1) is 0 Å². The molecule has 3 rings (SSSR count). The van der Waals surface area contributed by atoms with Gasteiger partial charge in [-0.25, -0.2) is 9.97 Å². The number of benzene rings is 2. The molecule has 126 valence electrons. The summed E-state index contributed by atoms with van der Waals surface area (Å²) in [5, 5.41) is 7.30. The molecule has 0 fully saturated rings. The summed E-state index contributed by atoms with van der Waals surface area (Å²) in [6.07, 6.45) is 1.80. The zero-order valence-electron chi connectivity index (χ0n) is 13.7. The molecule has 0 bridgehead atoms. The van der Waals surface area contributed by atoms with E-state index in [9.17, 15) is 0 Å². The van der Waals surface area contributed by atoms with Gasteiger partial charge in [0.25, 0.3) is 0 Å². The Hall–Kier alpha value is -2.85. The molecule has 0 aliphatic heterocycles. The summed E-state index contributed by atoms with van der Waals surface area (Å²) in [6, 6.07) is 19.6. The second-order valence-corrected chi connectivity index (χ2v) is 5.91. The Kier molecular flexibility index (Phi) is 5.65. The summed E-state index contributed by atoms with van der Waals surface area (Å²) in [5.74, 6) is 2.19. The van der Waals surface area contributed by atoms with Crippen molar-refractivity contribution in [2.75, 3.05) is 17.2 Å². The normalized spacial score (nSPS) is 10.3. The Morgan fingerprint density at radius 3 is 2.28 bits per heavy atom. The number of nitrogens with one attached hydrogen (secondary N) is 2. The number of rotatable bonds is 7. The van der Waals surface area contributed by atoms with Crippen LogP contribution < -0.4 is 10.6 Å². The summed E-state index contributed by atoms with van der Waals surface area (Å²) < 4.78 is 0. The van der Waals surface area contributed by atoms with Crippen LogP contribution in [0.15, 0.2) is 73.3 Å². The predicted octanol–water partition coefficient (Wildman–Crippen LogP) is 5.01. The average molecular weight is 351 g/mol. The van der Waals surface area contributed by atoms with Crippen molar-refractivity contribution in [3.8, 4) is 11.4 Å². The van der Waals surface area contributed by atoms with Crippen molar-refractivity contribution >= 4 is 23.2 Å². The monoisotopic (exact) mass is 350 g/mol. The van der Waals surface area contributed by atoms with Crippen LogP contribution in [0.5, 0.6) is 0 Å². The van der Waals surface area contributed by atoms with Crippen LogP contribution >= 0.6 is 11.6 Å². The lowest BCUT2D eigenvalue weighted by atomic mass is 10.2. The molecule has 0 spiro atoms. The Balaban J connectivity index is 1.83. The minimum absolute atomic E-state index is 0.641. The van der Waals surface area contributed by atoms with Gasteiger partial charge in [0, 0.05) is 29.7 Å². The molecule has 0 atom stereocenters. The van der Waals surface area contributed by atoms with Crippen molar-refractivity contribution in [1.82, 2.24) is 9.97 Å². The first kappa shape index (κ1) is 17.0. The number of anilines is 2. The summed E-state index contributed by atoms with van der Waals surface area (Å²) in [7, 11) is 0. The van der Waals surface area contributed by atoms with Gasteiger partial charge in [-0.3, -0.25) is 0 Å². The molecule has 0 unspecified atom stereocenters. The summed E-state index contributed by atoms with van der Waals surface area (Å²) in [5.41, 5.74) is 2.10. The van der Waals surface area contributed by atoms with Gasteiger partial charge >= 0.3 is 0 Å². The minimum Gasteiger partial charge on any atom is -0.366 e. The molecule has 1 heterocycles. The lowest BCUT2D eigenvalue weighted by Gasteiger charge is -2.11. The maximum atomic E-state index is 5.93.